The van der Waals surface area contributed by atoms with Gasteiger partial charge in [-0.25, -0.2) is 14.4 Å². The summed E-state index contributed by atoms with van der Waals surface area (Å²) in [6.07, 6.45) is 3.95. The molecule has 4 nitrogen and oxygen atoms in total. The molecule has 1 aliphatic heterocycles. The predicted molar refractivity (Wildman–Crippen MR) is 106 cm³/mol. The Labute approximate surface area is 158 Å². The second-order valence-electron chi connectivity index (χ2n) is 7.09. The summed E-state index contributed by atoms with van der Waals surface area (Å²) in [6, 6.07) is 17.0. The van der Waals surface area contributed by atoms with E-state index in [2.05, 4.69) is 39.1 Å². The first-order chi connectivity index (χ1) is 13.2. The molecule has 1 unspecified atom stereocenters. The Balaban J connectivity index is 1.60. The van der Waals surface area contributed by atoms with Gasteiger partial charge in [0.1, 0.15) is 5.82 Å². The zero-order chi connectivity index (χ0) is 18.6. The molecular formula is C22H23FN4. The van der Waals surface area contributed by atoms with E-state index >= 15 is 0 Å². The van der Waals surface area contributed by atoms with Crippen molar-refractivity contribution in [1.29, 1.82) is 0 Å². The number of anilines is 1. The van der Waals surface area contributed by atoms with Crippen LogP contribution in [0.3, 0.4) is 0 Å². The van der Waals surface area contributed by atoms with Gasteiger partial charge in [-0.05, 0) is 42.6 Å². The third-order valence-electron chi connectivity index (χ3n) is 5.13. The van der Waals surface area contributed by atoms with Gasteiger partial charge < -0.3 is 5.73 Å². The maximum atomic E-state index is 13.3. The van der Waals surface area contributed by atoms with Crippen molar-refractivity contribution in [1.82, 2.24) is 14.9 Å². The molecule has 1 fully saturated rings. The normalized spacial score (nSPS) is 17.7. The smallest absolute Gasteiger partial charge is 0.220 e. The molecule has 138 valence electrons. The highest BCUT2D eigenvalue weighted by Crippen LogP contribution is 2.33. The van der Waals surface area contributed by atoms with E-state index in [4.69, 9.17) is 5.73 Å². The number of nitrogens with two attached hydrogens (primary N) is 1. The molecule has 1 aromatic heterocycles. The van der Waals surface area contributed by atoms with Gasteiger partial charge >= 0.3 is 0 Å². The zero-order valence-corrected chi connectivity index (χ0v) is 15.2. The number of piperidine rings is 1. The van der Waals surface area contributed by atoms with Gasteiger partial charge in [0.15, 0.2) is 0 Å². The maximum Gasteiger partial charge on any atom is 0.220 e. The zero-order valence-electron chi connectivity index (χ0n) is 15.2. The van der Waals surface area contributed by atoms with Crippen LogP contribution in [0.5, 0.6) is 0 Å². The largest absolute Gasteiger partial charge is 0.368 e. The summed E-state index contributed by atoms with van der Waals surface area (Å²) >= 11 is 0. The summed E-state index contributed by atoms with van der Waals surface area (Å²) in [7, 11) is 0. The van der Waals surface area contributed by atoms with E-state index < -0.39 is 0 Å². The summed E-state index contributed by atoms with van der Waals surface area (Å²) in [5, 5.41) is 0. The van der Waals surface area contributed by atoms with Gasteiger partial charge in [-0.15, -0.1) is 0 Å². The summed E-state index contributed by atoms with van der Waals surface area (Å²) in [5.74, 6) is 0.326. The molecule has 2 aromatic carbocycles. The number of likely N-dealkylation sites (tertiary alicyclic amines) is 1. The lowest BCUT2D eigenvalue weighted by molar-refractivity contribution is 0.198. The first-order valence-corrected chi connectivity index (χ1v) is 9.33. The van der Waals surface area contributed by atoms with Crippen molar-refractivity contribution in [3.8, 4) is 11.1 Å². The SMILES string of the molecule is Nc1ncc(-c2ccc(F)cc2)c(C2CCCN(Cc3ccccc3)C2)n1. The molecule has 1 saturated heterocycles. The summed E-state index contributed by atoms with van der Waals surface area (Å²) in [6.45, 7) is 2.95. The number of rotatable bonds is 4. The summed E-state index contributed by atoms with van der Waals surface area (Å²) in [5.41, 5.74) is 10.0. The van der Waals surface area contributed by atoms with Crippen molar-refractivity contribution in [2.75, 3.05) is 18.8 Å². The molecular weight excluding hydrogens is 339 g/mol. The number of aromatic nitrogens is 2. The Morgan fingerprint density at radius 1 is 1.07 bits per heavy atom. The molecule has 1 atom stereocenters. The molecule has 0 spiro atoms. The fourth-order valence-corrected chi connectivity index (χ4v) is 3.84. The monoisotopic (exact) mass is 362 g/mol. The van der Waals surface area contributed by atoms with Crippen LogP contribution in [0.1, 0.15) is 30.0 Å². The van der Waals surface area contributed by atoms with Gasteiger partial charge in [-0.2, -0.15) is 0 Å². The number of halogens is 1. The van der Waals surface area contributed by atoms with Crippen LogP contribution in [0.25, 0.3) is 11.1 Å². The molecule has 27 heavy (non-hydrogen) atoms. The minimum atomic E-state index is -0.247. The van der Waals surface area contributed by atoms with Gasteiger partial charge in [0.25, 0.3) is 0 Å². The summed E-state index contributed by atoms with van der Waals surface area (Å²) < 4.78 is 13.3. The molecule has 0 aliphatic carbocycles. The molecule has 0 amide bonds. The molecule has 3 aromatic rings. The average Bonchev–Trinajstić information content (AvgIpc) is 2.70. The van der Waals surface area contributed by atoms with Gasteiger partial charge in [-0.3, -0.25) is 4.90 Å². The lowest BCUT2D eigenvalue weighted by atomic mass is 9.89. The quantitative estimate of drug-likeness (QED) is 0.754. The molecule has 0 saturated carbocycles. The Bertz CT molecular complexity index is 896. The van der Waals surface area contributed by atoms with Crippen LogP contribution in [0.15, 0.2) is 60.8 Å². The molecule has 5 heteroatoms. The van der Waals surface area contributed by atoms with E-state index in [0.29, 0.717) is 0 Å². The highest BCUT2D eigenvalue weighted by molar-refractivity contribution is 5.66. The first-order valence-electron chi connectivity index (χ1n) is 9.33. The van der Waals surface area contributed by atoms with E-state index in [0.717, 1.165) is 49.3 Å². The Kier molecular flexibility index (Phi) is 5.12. The minimum absolute atomic E-state index is 0.247. The van der Waals surface area contributed by atoms with Gasteiger partial charge in [0, 0.05) is 30.8 Å². The van der Waals surface area contributed by atoms with Crippen LogP contribution in [0.4, 0.5) is 10.3 Å². The molecule has 0 radical (unpaired) electrons. The van der Waals surface area contributed by atoms with Crippen molar-refractivity contribution in [3.63, 3.8) is 0 Å². The van der Waals surface area contributed by atoms with Crippen LogP contribution < -0.4 is 5.73 Å². The lowest BCUT2D eigenvalue weighted by Gasteiger charge is -2.33. The van der Waals surface area contributed by atoms with Crippen LogP contribution in [-0.4, -0.2) is 28.0 Å². The Morgan fingerprint density at radius 2 is 1.85 bits per heavy atom. The summed E-state index contributed by atoms with van der Waals surface area (Å²) in [4.78, 5) is 11.2. The molecule has 1 aliphatic rings. The molecule has 2 N–H and O–H groups in total. The van der Waals surface area contributed by atoms with Crippen molar-refractivity contribution in [2.45, 2.75) is 25.3 Å². The highest BCUT2D eigenvalue weighted by Gasteiger charge is 2.25. The average molecular weight is 362 g/mol. The van der Waals surface area contributed by atoms with E-state index in [1.165, 1.54) is 17.7 Å². The fraction of sp³-hybridized carbons (Fsp3) is 0.273. The van der Waals surface area contributed by atoms with Crippen LogP contribution in [0, 0.1) is 5.82 Å². The first kappa shape index (κ1) is 17.6. The second-order valence-corrected chi connectivity index (χ2v) is 7.09. The standard InChI is InChI=1S/C22H23FN4/c23-19-10-8-17(9-11-19)20-13-25-22(24)26-21(20)18-7-4-12-27(15-18)14-16-5-2-1-3-6-16/h1-3,5-6,8-11,13,18H,4,7,12,14-15H2,(H2,24,25,26). The molecule has 2 heterocycles. The van der Waals surface area contributed by atoms with E-state index in [1.54, 1.807) is 18.3 Å². The number of nitrogen functional groups attached to an aromatic ring is 1. The number of benzene rings is 2. The van der Waals surface area contributed by atoms with E-state index in [-0.39, 0.29) is 17.7 Å². The lowest BCUT2D eigenvalue weighted by Crippen LogP contribution is -2.34. The highest BCUT2D eigenvalue weighted by atomic mass is 19.1. The maximum absolute atomic E-state index is 13.3. The van der Waals surface area contributed by atoms with Crippen molar-refractivity contribution in [2.24, 2.45) is 0 Å². The molecule has 0 bridgehead atoms. The van der Waals surface area contributed by atoms with Gasteiger partial charge in [-0.1, -0.05) is 42.5 Å². The van der Waals surface area contributed by atoms with E-state index in [9.17, 15) is 4.39 Å². The van der Waals surface area contributed by atoms with Gasteiger partial charge in [0.2, 0.25) is 5.95 Å². The van der Waals surface area contributed by atoms with Crippen molar-refractivity contribution < 1.29 is 4.39 Å². The van der Waals surface area contributed by atoms with E-state index in [1.807, 2.05) is 6.07 Å². The third kappa shape index (κ3) is 4.14. The number of hydrogen-bond acceptors (Lipinski definition) is 4. The number of nitrogens with zero attached hydrogens (tertiary/aromatic N) is 3. The van der Waals surface area contributed by atoms with Gasteiger partial charge in [0.05, 0.1) is 5.69 Å². The second kappa shape index (κ2) is 7.84. The minimum Gasteiger partial charge on any atom is -0.368 e. The number of hydrogen-bond donors (Lipinski definition) is 1. The molecule has 4 rings (SSSR count). The van der Waals surface area contributed by atoms with Crippen LogP contribution in [-0.2, 0) is 6.54 Å². The van der Waals surface area contributed by atoms with Crippen molar-refractivity contribution >= 4 is 5.95 Å². The Morgan fingerprint density at radius 3 is 2.63 bits per heavy atom. The predicted octanol–water partition coefficient (Wildman–Crippen LogP) is 4.24. The van der Waals surface area contributed by atoms with Crippen LogP contribution in [0.2, 0.25) is 0 Å². The third-order valence-corrected chi connectivity index (χ3v) is 5.13. The van der Waals surface area contributed by atoms with Crippen LogP contribution >= 0.6 is 0 Å². The fourth-order valence-electron chi connectivity index (χ4n) is 3.84. The Hall–Kier alpha value is -2.79. The van der Waals surface area contributed by atoms with Crippen molar-refractivity contribution in [3.05, 3.63) is 77.9 Å². The topological polar surface area (TPSA) is 55.0 Å².